The molecule has 1 aromatic carbocycles. The van der Waals surface area contributed by atoms with Crippen molar-refractivity contribution in [2.45, 2.75) is 78.1 Å². The van der Waals surface area contributed by atoms with Gasteiger partial charge in [-0.1, -0.05) is 37.3 Å². The largest absolute Gasteiger partial charge is 0.474 e. The number of fused-ring (bicyclic) bond motifs is 1. The van der Waals surface area contributed by atoms with Crippen LogP contribution in [0.1, 0.15) is 57.3 Å². The van der Waals surface area contributed by atoms with Gasteiger partial charge in [0, 0.05) is 43.6 Å². The predicted molar refractivity (Wildman–Crippen MR) is 141 cm³/mol. The average Bonchev–Trinajstić information content (AvgIpc) is 3.19. The van der Waals surface area contributed by atoms with Crippen LogP contribution in [0, 0.1) is 6.92 Å². The highest BCUT2D eigenvalue weighted by molar-refractivity contribution is 5.78. The third-order valence-corrected chi connectivity index (χ3v) is 6.85. The first-order chi connectivity index (χ1) is 18.1. The smallest absolute Gasteiger partial charge is 0.332 e. The Hall–Kier alpha value is -3.82. The summed E-state index contributed by atoms with van der Waals surface area (Å²) in [5.41, 5.74) is 2.11. The zero-order chi connectivity index (χ0) is 27.2. The summed E-state index contributed by atoms with van der Waals surface area (Å²) in [6.07, 6.45) is -0.573. The zero-order valence-electron chi connectivity index (χ0n) is 21.9. The Balaban J connectivity index is 1.70. The van der Waals surface area contributed by atoms with Crippen LogP contribution in [0.4, 0.5) is 8.78 Å². The molecule has 4 aromatic rings. The predicted octanol–water partition coefficient (Wildman–Crippen LogP) is 4.95. The summed E-state index contributed by atoms with van der Waals surface area (Å²) in [5, 5.41) is 0. The Kier molecular flexibility index (Phi) is 6.66. The van der Waals surface area contributed by atoms with E-state index in [9.17, 15) is 18.4 Å². The highest BCUT2D eigenvalue weighted by Crippen LogP contribution is 2.39. The first kappa shape index (κ1) is 25.8. The first-order valence-corrected chi connectivity index (χ1v) is 12.9. The molecule has 0 atom stereocenters. The fourth-order valence-electron chi connectivity index (χ4n) is 4.97. The summed E-state index contributed by atoms with van der Waals surface area (Å²) in [5.74, 6) is -1.92. The molecule has 1 saturated carbocycles. The van der Waals surface area contributed by atoms with Gasteiger partial charge in [-0.15, -0.1) is 0 Å². The number of hydrogen-bond acceptors (Lipinski definition) is 5. The molecule has 8 nitrogen and oxygen atoms in total. The second-order valence-corrected chi connectivity index (χ2v) is 10.2. The molecule has 0 unspecified atom stereocenters. The number of hydrogen-bond donors (Lipinski definition) is 0. The van der Waals surface area contributed by atoms with Crippen LogP contribution in [0.3, 0.4) is 0 Å². The molecule has 0 bridgehead atoms. The molecule has 1 aliphatic rings. The number of imidazole rings is 1. The molecule has 38 heavy (non-hydrogen) atoms. The number of halogens is 2. The minimum absolute atomic E-state index is 0.225. The Bertz CT molecular complexity index is 1600. The lowest BCUT2D eigenvalue weighted by Gasteiger charge is -2.34. The third-order valence-electron chi connectivity index (χ3n) is 6.85. The van der Waals surface area contributed by atoms with Crippen LogP contribution >= 0.6 is 0 Å². The van der Waals surface area contributed by atoms with E-state index >= 15 is 0 Å². The molecule has 0 aliphatic heterocycles. The highest BCUT2D eigenvalue weighted by Gasteiger charge is 2.47. The van der Waals surface area contributed by atoms with Crippen molar-refractivity contribution in [2.75, 3.05) is 0 Å². The van der Waals surface area contributed by atoms with Crippen molar-refractivity contribution in [1.82, 2.24) is 23.7 Å². The molecule has 3 heterocycles. The van der Waals surface area contributed by atoms with E-state index in [1.165, 1.54) is 4.57 Å². The van der Waals surface area contributed by atoms with Crippen LogP contribution in [0.15, 0.2) is 52.1 Å². The average molecular weight is 524 g/mol. The molecule has 0 radical (unpaired) electrons. The van der Waals surface area contributed by atoms with Gasteiger partial charge in [0.2, 0.25) is 5.88 Å². The minimum Gasteiger partial charge on any atom is -0.474 e. The van der Waals surface area contributed by atoms with Gasteiger partial charge < -0.3 is 9.30 Å². The molecule has 0 spiro atoms. The van der Waals surface area contributed by atoms with Crippen LogP contribution < -0.4 is 16.0 Å². The Morgan fingerprint density at radius 1 is 1.05 bits per heavy atom. The fourth-order valence-corrected chi connectivity index (χ4v) is 4.97. The molecule has 1 fully saturated rings. The van der Waals surface area contributed by atoms with Crippen LogP contribution in [0.5, 0.6) is 5.88 Å². The quantitative estimate of drug-likeness (QED) is 0.327. The van der Waals surface area contributed by atoms with Crippen LogP contribution in [-0.4, -0.2) is 35.7 Å². The van der Waals surface area contributed by atoms with E-state index < -0.39 is 12.0 Å². The van der Waals surface area contributed by atoms with E-state index in [0.29, 0.717) is 47.8 Å². The zero-order valence-corrected chi connectivity index (χ0v) is 21.9. The number of aromatic nitrogens is 5. The van der Waals surface area contributed by atoms with E-state index in [-0.39, 0.29) is 36.0 Å². The van der Waals surface area contributed by atoms with Gasteiger partial charge >= 0.3 is 5.69 Å². The number of nitrogens with zero attached hydrogens (tertiary/aromatic N) is 5. The number of benzene rings is 1. The van der Waals surface area contributed by atoms with Gasteiger partial charge in [-0.05, 0) is 38.8 Å². The first-order valence-electron chi connectivity index (χ1n) is 12.9. The van der Waals surface area contributed by atoms with E-state index in [4.69, 9.17) is 9.72 Å². The summed E-state index contributed by atoms with van der Waals surface area (Å²) in [4.78, 5) is 36.4. The molecule has 0 saturated heterocycles. The summed E-state index contributed by atoms with van der Waals surface area (Å²) in [6.45, 7) is 8.15. The molecule has 3 aromatic heterocycles. The molecule has 5 rings (SSSR count). The van der Waals surface area contributed by atoms with Crippen LogP contribution in [0.25, 0.3) is 22.6 Å². The molecule has 0 N–H and O–H groups in total. The van der Waals surface area contributed by atoms with Crippen molar-refractivity contribution in [3.63, 3.8) is 0 Å². The minimum atomic E-state index is -2.68. The second kappa shape index (κ2) is 9.81. The molecular weight excluding hydrogens is 492 g/mol. The van der Waals surface area contributed by atoms with Crippen molar-refractivity contribution in [2.24, 2.45) is 0 Å². The van der Waals surface area contributed by atoms with Crippen molar-refractivity contribution in [1.29, 1.82) is 0 Å². The number of pyridine rings is 1. The van der Waals surface area contributed by atoms with Gasteiger partial charge in [0.05, 0.1) is 5.69 Å². The number of alkyl halides is 2. The maximum absolute atomic E-state index is 13.7. The summed E-state index contributed by atoms with van der Waals surface area (Å²) < 4.78 is 36.8. The normalized spacial score (nSPS) is 15.2. The van der Waals surface area contributed by atoms with Gasteiger partial charge in [-0.2, -0.15) is 0 Å². The Morgan fingerprint density at radius 3 is 2.37 bits per heavy atom. The SMILES string of the molecule is CCCn1c(=O)c2c(nc(-c3ccc(OC4CC(F)(F)C4)nc3C)n2Cc2ccccc2)n(C(C)C)c1=O. The molecule has 0 amide bonds. The molecular formula is C28H31F2N5O3. The summed E-state index contributed by atoms with van der Waals surface area (Å²) in [7, 11) is 0. The van der Waals surface area contributed by atoms with Gasteiger partial charge in [0.1, 0.15) is 11.9 Å². The number of aryl methyl sites for hydroxylation is 1. The van der Waals surface area contributed by atoms with Crippen molar-refractivity contribution in [3.05, 3.63) is 74.6 Å². The summed E-state index contributed by atoms with van der Waals surface area (Å²) in [6, 6.07) is 12.9. The Morgan fingerprint density at radius 2 is 1.76 bits per heavy atom. The maximum atomic E-state index is 13.7. The number of ether oxygens (including phenoxy) is 1. The van der Waals surface area contributed by atoms with Crippen LogP contribution in [0.2, 0.25) is 0 Å². The van der Waals surface area contributed by atoms with Crippen LogP contribution in [-0.2, 0) is 13.1 Å². The van der Waals surface area contributed by atoms with Gasteiger partial charge in [0.15, 0.2) is 11.2 Å². The lowest BCUT2D eigenvalue weighted by molar-refractivity contribution is -0.135. The lowest BCUT2D eigenvalue weighted by atomic mass is 9.91. The van der Waals surface area contributed by atoms with Gasteiger partial charge in [0.25, 0.3) is 11.5 Å². The topological polar surface area (TPSA) is 83.9 Å². The van der Waals surface area contributed by atoms with Gasteiger partial charge in [-0.25, -0.2) is 23.5 Å². The van der Waals surface area contributed by atoms with Crippen molar-refractivity contribution in [3.8, 4) is 17.3 Å². The van der Waals surface area contributed by atoms with Crippen molar-refractivity contribution >= 4 is 11.2 Å². The number of rotatable bonds is 8. The van der Waals surface area contributed by atoms with E-state index in [0.717, 1.165) is 5.56 Å². The van der Waals surface area contributed by atoms with Gasteiger partial charge in [-0.3, -0.25) is 13.9 Å². The molecule has 200 valence electrons. The van der Waals surface area contributed by atoms with E-state index in [2.05, 4.69) is 4.98 Å². The maximum Gasteiger partial charge on any atom is 0.332 e. The lowest BCUT2D eigenvalue weighted by Crippen LogP contribution is -2.43. The molecule has 10 heteroatoms. The fraction of sp³-hybridized carbons (Fsp3) is 0.429. The third kappa shape index (κ3) is 4.63. The summed E-state index contributed by atoms with van der Waals surface area (Å²) >= 11 is 0. The monoisotopic (exact) mass is 523 g/mol. The molecule has 1 aliphatic carbocycles. The standard InChI is InChI=1S/C28H31F2N5O3/c1-5-13-33-26(36)23-25(35(17(2)3)27(33)37)32-24(34(23)16-19-9-7-6-8-10-19)21-11-12-22(31-18(21)4)38-20-14-28(29,30)15-20/h6-12,17,20H,5,13-16H2,1-4H3. The van der Waals surface area contributed by atoms with E-state index in [1.807, 2.05) is 55.7 Å². The van der Waals surface area contributed by atoms with E-state index in [1.54, 1.807) is 23.6 Å². The second-order valence-electron chi connectivity index (χ2n) is 10.2. The Labute approximate surface area is 218 Å². The van der Waals surface area contributed by atoms with Crippen molar-refractivity contribution < 1.29 is 13.5 Å². The highest BCUT2D eigenvalue weighted by atomic mass is 19.3.